The summed E-state index contributed by atoms with van der Waals surface area (Å²) in [5.41, 5.74) is 3.64. The second kappa shape index (κ2) is 5.96. The smallest absolute Gasteiger partial charge is 0.158 e. The van der Waals surface area contributed by atoms with Crippen LogP contribution in [0.15, 0.2) is 36.5 Å². The molecule has 0 aliphatic carbocycles. The fraction of sp³-hybridized carbons (Fsp3) is 0.353. The van der Waals surface area contributed by atoms with Crippen molar-refractivity contribution in [2.45, 2.75) is 25.8 Å². The van der Waals surface area contributed by atoms with Gasteiger partial charge in [-0.25, -0.2) is 4.98 Å². The average Bonchev–Trinajstić information content (AvgIpc) is 3.24. The molecule has 4 rings (SSSR count). The van der Waals surface area contributed by atoms with Crippen LogP contribution >= 0.6 is 0 Å². The van der Waals surface area contributed by atoms with Crippen LogP contribution in [0.5, 0.6) is 0 Å². The van der Waals surface area contributed by atoms with Crippen LogP contribution < -0.4 is 10.6 Å². The molecule has 23 heavy (non-hydrogen) atoms. The Kier molecular flexibility index (Phi) is 3.67. The molecule has 1 aliphatic heterocycles. The van der Waals surface area contributed by atoms with E-state index in [-0.39, 0.29) is 0 Å². The van der Waals surface area contributed by atoms with Crippen molar-refractivity contribution in [3.63, 3.8) is 0 Å². The predicted molar refractivity (Wildman–Crippen MR) is 90.5 cm³/mol. The van der Waals surface area contributed by atoms with Gasteiger partial charge in [0.2, 0.25) is 0 Å². The fourth-order valence-corrected chi connectivity index (χ4v) is 2.94. The maximum atomic E-state index is 4.71. The van der Waals surface area contributed by atoms with E-state index in [1.54, 1.807) is 6.20 Å². The number of hydrogen-bond donors (Lipinski definition) is 2. The maximum absolute atomic E-state index is 4.71. The van der Waals surface area contributed by atoms with Crippen LogP contribution in [0.2, 0.25) is 0 Å². The van der Waals surface area contributed by atoms with Crippen LogP contribution in [0.4, 0.5) is 5.82 Å². The van der Waals surface area contributed by atoms with E-state index in [1.165, 1.54) is 0 Å². The minimum atomic E-state index is 0.438. The highest BCUT2D eigenvalue weighted by Gasteiger charge is 2.17. The van der Waals surface area contributed by atoms with Crippen LogP contribution in [0.1, 0.15) is 19.0 Å². The van der Waals surface area contributed by atoms with Gasteiger partial charge in [0.25, 0.3) is 0 Å². The predicted octanol–water partition coefficient (Wildman–Crippen LogP) is 2.13. The summed E-state index contributed by atoms with van der Waals surface area (Å²) in [6, 6.07) is 10.4. The van der Waals surface area contributed by atoms with Crippen molar-refractivity contribution in [2.75, 3.05) is 18.4 Å². The molecule has 118 valence electrons. The lowest BCUT2D eigenvalue weighted by molar-refractivity contribution is 0.772. The summed E-state index contributed by atoms with van der Waals surface area (Å²) in [6.07, 6.45) is 3.81. The molecule has 1 fully saturated rings. The molecule has 0 radical (unpaired) electrons. The number of nitrogens with one attached hydrogen (secondary N) is 2. The molecule has 0 bridgehead atoms. The molecule has 1 atom stereocenters. The molecule has 3 aromatic heterocycles. The Bertz CT molecular complexity index is 805. The Morgan fingerprint density at radius 3 is 3.00 bits per heavy atom. The number of nitrogens with zero attached hydrogens (tertiary/aromatic N) is 4. The lowest BCUT2D eigenvalue weighted by atomic mass is 10.2. The summed E-state index contributed by atoms with van der Waals surface area (Å²) in [5, 5.41) is 11.7. The van der Waals surface area contributed by atoms with E-state index < -0.39 is 0 Å². The number of pyridine rings is 1. The first-order chi connectivity index (χ1) is 11.3. The minimum absolute atomic E-state index is 0.438. The number of rotatable bonds is 4. The fourth-order valence-electron chi connectivity index (χ4n) is 2.94. The number of fused-ring (bicyclic) bond motifs is 1. The van der Waals surface area contributed by atoms with Gasteiger partial charge in [-0.3, -0.25) is 4.98 Å². The molecular formula is C17H20N6. The van der Waals surface area contributed by atoms with E-state index in [9.17, 15) is 0 Å². The standard InChI is InChI=1S/C17H20N6/c1-2-12-9-16(21-13-6-8-18-11-13)23-17(20-12)10-15(22-23)14-5-3-4-7-19-14/h3-5,7,9-10,13,18,21H,2,6,8,11H2,1H3. The lowest BCUT2D eigenvalue weighted by Gasteiger charge is -2.14. The van der Waals surface area contributed by atoms with Crippen molar-refractivity contribution in [3.8, 4) is 11.4 Å². The van der Waals surface area contributed by atoms with Gasteiger partial charge in [0.1, 0.15) is 11.5 Å². The quantitative estimate of drug-likeness (QED) is 0.773. The van der Waals surface area contributed by atoms with Crippen molar-refractivity contribution in [2.24, 2.45) is 0 Å². The largest absolute Gasteiger partial charge is 0.366 e. The molecule has 2 N–H and O–H groups in total. The van der Waals surface area contributed by atoms with E-state index in [0.29, 0.717) is 6.04 Å². The van der Waals surface area contributed by atoms with Gasteiger partial charge in [0.05, 0.1) is 5.69 Å². The third-order valence-corrected chi connectivity index (χ3v) is 4.18. The van der Waals surface area contributed by atoms with Crippen LogP contribution in [-0.2, 0) is 6.42 Å². The van der Waals surface area contributed by atoms with E-state index in [0.717, 1.165) is 54.5 Å². The number of hydrogen-bond acceptors (Lipinski definition) is 5. The Balaban J connectivity index is 1.78. The molecule has 0 amide bonds. The maximum Gasteiger partial charge on any atom is 0.158 e. The molecular weight excluding hydrogens is 288 g/mol. The van der Waals surface area contributed by atoms with Gasteiger partial charge in [-0.15, -0.1) is 0 Å². The molecule has 6 nitrogen and oxygen atoms in total. The summed E-state index contributed by atoms with van der Waals surface area (Å²) < 4.78 is 1.89. The monoisotopic (exact) mass is 308 g/mol. The lowest BCUT2D eigenvalue weighted by Crippen LogP contribution is -2.23. The Labute approximate surface area is 135 Å². The summed E-state index contributed by atoms with van der Waals surface area (Å²) in [4.78, 5) is 9.08. The van der Waals surface area contributed by atoms with Gasteiger partial charge in [-0.05, 0) is 31.5 Å². The SMILES string of the molecule is CCc1cc(NC2CCNC2)n2nc(-c3ccccn3)cc2n1. The summed E-state index contributed by atoms with van der Waals surface area (Å²) in [6.45, 7) is 4.17. The van der Waals surface area contributed by atoms with Gasteiger partial charge in [0.15, 0.2) is 5.65 Å². The van der Waals surface area contributed by atoms with Crippen molar-refractivity contribution < 1.29 is 0 Å². The number of anilines is 1. The second-order valence-electron chi connectivity index (χ2n) is 5.83. The van der Waals surface area contributed by atoms with Gasteiger partial charge in [0, 0.05) is 36.6 Å². The van der Waals surface area contributed by atoms with E-state index >= 15 is 0 Å². The normalized spacial score (nSPS) is 17.7. The first kappa shape index (κ1) is 14.1. The zero-order valence-corrected chi connectivity index (χ0v) is 13.2. The van der Waals surface area contributed by atoms with Crippen molar-refractivity contribution in [3.05, 3.63) is 42.2 Å². The number of aromatic nitrogens is 4. The van der Waals surface area contributed by atoms with Crippen LogP contribution in [-0.4, -0.2) is 38.7 Å². The van der Waals surface area contributed by atoms with Gasteiger partial charge in [-0.1, -0.05) is 13.0 Å². The first-order valence-electron chi connectivity index (χ1n) is 8.12. The highest BCUT2D eigenvalue weighted by atomic mass is 15.3. The third kappa shape index (κ3) is 2.77. The summed E-state index contributed by atoms with van der Waals surface area (Å²) >= 11 is 0. The molecule has 0 aromatic carbocycles. The molecule has 1 unspecified atom stereocenters. The van der Waals surface area contributed by atoms with Crippen molar-refractivity contribution >= 4 is 11.5 Å². The molecule has 4 heterocycles. The third-order valence-electron chi connectivity index (χ3n) is 4.18. The summed E-state index contributed by atoms with van der Waals surface area (Å²) in [5.74, 6) is 1.00. The highest BCUT2D eigenvalue weighted by molar-refractivity contribution is 5.63. The topological polar surface area (TPSA) is 67.1 Å². The zero-order chi connectivity index (χ0) is 15.6. The summed E-state index contributed by atoms with van der Waals surface area (Å²) in [7, 11) is 0. The van der Waals surface area contributed by atoms with Crippen LogP contribution in [0.3, 0.4) is 0 Å². The van der Waals surface area contributed by atoms with E-state index in [4.69, 9.17) is 10.1 Å². The van der Waals surface area contributed by atoms with Crippen molar-refractivity contribution in [1.29, 1.82) is 0 Å². The first-order valence-corrected chi connectivity index (χ1v) is 8.12. The highest BCUT2D eigenvalue weighted by Crippen LogP contribution is 2.21. The molecule has 3 aromatic rings. The average molecular weight is 308 g/mol. The van der Waals surface area contributed by atoms with Gasteiger partial charge in [-0.2, -0.15) is 9.61 Å². The molecule has 0 saturated carbocycles. The molecule has 1 saturated heterocycles. The van der Waals surface area contributed by atoms with E-state index in [2.05, 4.69) is 28.6 Å². The molecule has 0 spiro atoms. The van der Waals surface area contributed by atoms with E-state index in [1.807, 2.05) is 28.8 Å². The van der Waals surface area contributed by atoms with Crippen LogP contribution in [0, 0.1) is 0 Å². The Morgan fingerprint density at radius 1 is 1.30 bits per heavy atom. The Hall–Kier alpha value is -2.47. The zero-order valence-electron chi connectivity index (χ0n) is 13.2. The van der Waals surface area contributed by atoms with Crippen molar-refractivity contribution in [1.82, 2.24) is 24.9 Å². The second-order valence-corrected chi connectivity index (χ2v) is 5.83. The minimum Gasteiger partial charge on any atom is -0.366 e. The van der Waals surface area contributed by atoms with Crippen LogP contribution in [0.25, 0.3) is 17.0 Å². The van der Waals surface area contributed by atoms with Gasteiger partial charge < -0.3 is 10.6 Å². The Morgan fingerprint density at radius 2 is 2.26 bits per heavy atom. The van der Waals surface area contributed by atoms with Gasteiger partial charge >= 0.3 is 0 Å². The number of aryl methyl sites for hydroxylation is 1. The molecule has 1 aliphatic rings. The molecule has 6 heteroatoms.